The summed E-state index contributed by atoms with van der Waals surface area (Å²) in [6, 6.07) is 6.15. The maximum Gasteiger partial charge on any atom is 0.309 e. The quantitative estimate of drug-likeness (QED) is 0.868. The number of carboxylic acid groups (broad SMARTS) is 1. The molecule has 0 unspecified atom stereocenters. The first-order valence-electron chi connectivity index (χ1n) is 6.57. The molecular weight excluding hydrogens is 308 g/mol. The highest BCUT2D eigenvalue weighted by molar-refractivity contribution is 9.10. The van der Waals surface area contributed by atoms with Gasteiger partial charge in [0.25, 0.3) is 0 Å². The molecule has 0 aromatic heterocycles. The van der Waals surface area contributed by atoms with Gasteiger partial charge in [-0.15, -0.1) is 0 Å². The Hall–Kier alpha value is -0.870. The maximum atomic E-state index is 11.4. The van der Waals surface area contributed by atoms with Gasteiger partial charge < -0.3 is 9.84 Å². The summed E-state index contributed by atoms with van der Waals surface area (Å²) < 4.78 is 6.26. The SMILES string of the molecule is CO[C@@H](C)[C@H](Cc1ccc(Br)cc1C1CC1)C(=O)O. The van der Waals surface area contributed by atoms with Crippen molar-refractivity contribution >= 4 is 21.9 Å². The van der Waals surface area contributed by atoms with E-state index in [4.69, 9.17) is 4.74 Å². The first-order valence-corrected chi connectivity index (χ1v) is 7.36. The molecule has 104 valence electrons. The molecule has 1 aromatic carbocycles. The average molecular weight is 327 g/mol. The average Bonchev–Trinajstić information content (AvgIpc) is 3.20. The molecule has 0 amide bonds. The number of hydrogen-bond acceptors (Lipinski definition) is 2. The van der Waals surface area contributed by atoms with Crippen molar-refractivity contribution < 1.29 is 14.6 Å². The van der Waals surface area contributed by atoms with E-state index >= 15 is 0 Å². The van der Waals surface area contributed by atoms with E-state index in [0.29, 0.717) is 12.3 Å². The smallest absolute Gasteiger partial charge is 0.309 e. The molecule has 2 atom stereocenters. The van der Waals surface area contributed by atoms with Crippen LogP contribution in [-0.4, -0.2) is 24.3 Å². The Labute approximate surface area is 122 Å². The number of aliphatic carboxylic acids is 1. The first kappa shape index (κ1) is 14.5. The Morgan fingerprint density at radius 2 is 2.21 bits per heavy atom. The first-order chi connectivity index (χ1) is 9.02. The molecule has 0 heterocycles. The van der Waals surface area contributed by atoms with Crippen LogP contribution in [0.1, 0.15) is 36.8 Å². The minimum absolute atomic E-state index is 0.284. The van der Waals surface area contributed by atoms with Crippen LogP contribution in [0.15, 0.2) is 22.7 Å². The summed E-state index contributed by atoms with van der Waals surface area (Å²) in [5.41, 5.74) is 2.44. The van der Waals surface area contributed by atoms with Crippen LogP contribution < -0.4 is 0 Å². The standard InChI is InChI=1S/C15H19BrO3/c1-9(19-2)13(15(17)18)7-11-5-6-12(16)8-14(11)10-3-4-10/h5-6,8-10,13H,3-4,7H2,1-2H3,(H,17,18)/t9-,13-/m0/s1. The van der Waals surface area contributed by atoms with Gasteiger partial charge in [0, 0.05) is 11.6 Å². The number of hydrogen-bond donors (Lipinski definition) is 1. The third kappa shape index (κ3) is 3.57. The number of methoxy groups -OCH3 is 1. The lowest BCUT2D eigenvalue weighted by atomic mass is 9.90. The van der Waals surface area contributed by atoms with E-state index in [1.165, 1.54) is 18.4 Å². The molecule has 1 N–H and O–H groups in total. The van der Waals surface area contributed by atoms with Gasteiger partial charge in [-0.05, 0) is 55.4 Å². The van der Waals surface area contributed by atoms with E-state index in [2.05, 4.69) is 22.0 Å². The maximum absolute atomic E-state index is 11.4. The highest BCUT2D eigenvalue weighted by atomic mass is 79.9. The second-order valence-electron chi connectivity index (χ2n) is 5.21. The zero-order chi connectivity index (χ0) is 14.0. The van der Waals surface area contributed by atoms with Crippen molar-refractivity contribution in [1.29, 1.82) is 0 Å². The van der Waals surface area contributed by atoms with Crippen LogP contribution in [0.25, 0.3) is 0 Å². The molecule has 1 fully saturated rings. The second-order valence-corrected chi connectivity index (χ2v) is 6.12. The van der Waals surface area contributed by atoms with Gasteiger partial charge in [0.05, 0.1) is 12.0 Å². The van der Waals surface area contributed by atoms with E-state index in [9.17, 15) is 9.90 Å². The predicted octanol–water partition coefficient (Wildman–Crippen LogP) is 3.60. The van der Waals surface area contributed by atoms with Gasteiger partial charge in [0.1, 0.15) is 0 Å². The van der Waals surface area contributed by atoms with Crippen molar-refractivity contribution in [2.45, 2.75) is 38.2 Å². The van der Waals surface area contributed by atoms with Crippen molar-refractivity contribution in [1.82, 2.24) is 0 Å². The fourth-order valence-corrected chi connectivity index (χ4v) is 2.76. The Morgan fingerprint density at radius 1 is 1.53 bits per heavy atom. The van der Waals surface area contributed by atoms with Crippen molar-refractivity contribution in [2.24, 2.45) is 5.92 Å². The van der Waals surface area contributed by atoms with Crippen LogP contribution in [0, 0.1) is 5.92 Å². The molecule has 3 nitrogen and oxygen atoms in total. The Morgan fingerprint density at radius 3 is 2.74 bits per heavy atom. The van der Waals surface area contributed by atoms with Gasteiger partial charge in [-0.2, -0.15) is 0 Å². The summed E-state index contributed by atoms with van der Waals surface area (Å²) in [4.78, 5) is 11.4. The van der Waals surface area contributed by atoms with Crippen LogP contribution in [0.4, 0.5) is 0 Å². The number of benzene rings is 1. The van der Waals surface area contributed by atoms with Gasteiger partial charge in [0.15, 0.2) is 0 Å². The van der Waals surface area contributed by atoms with Crippen molar-refractivity contribution in [3.63, 3.8) is 0 Å². The number of rotatable bonds is 6. The van der Waals surface area contributed by atoms with Crippen molar-refractivity contribution in [3.05, 3.63) is 33.8 Å². The lowest BCUT2D eigenvalue weighted by Crippen LogP contribution is -2.29. The molecule has 0 spiro atoms. The van der Waals surface area contributed by atoms with Crippen LogP contribution >= 0.6 is 15.9 Å². The molecule has 2 rings (SSSR count). The van der Waals surface area contributed by atoms with Crippen molar-refractivity contribution in [2.75, 3.05) is 7.11 Å². The van der Waals surface area contributed by atoms with Gasteiger partial charge in [-0.3, -0.25) is 4.79 Å². The Kier molecular flexibility index (Phi) is 4.63. The molecule has 1 aliphatic rings. The molecule has 1 aliphatic carbocycles. The third-order valence-electron chi connectivity index (χ3n) is 3.82. The number of ether oxygens (including phenoxy) is 1. The zero-order valence-electron chi connectivity index (χ0n) is 11.2. The highest BCUT2D eigenvalue weighted by Gasteiger charge is 2.30. The lowest BCUT2D eigenvalue weighted by Gasteiger charge is -2.20. The molecule has 4 heteroatoms. The second kappa shape index (κ2) is 6.06. The van der Waals surface area contributed by atoms with Gasteiger partial charge in [-0.1, -0.05) is 22.0 Å². The molecule has 1 saturated carbocycles. The summed E-state index contributed by atoms with van der Waals surface area (Å²) in [5, 5.41) is 9.35. The van der Waals surface area contributed by atoms with E-state index in [1.807, 2.05) is 19.1 Å². The van der Waals surface area contributed by atoms with Gasteiger partial charge >= 0.3 is 5.97 Å². The van der Waals surface area contributed by atoms with Crippen LogP contribution in [-0.2, 0) is 16.0 Å². The van der Waals surface area contributed by atoms with Crippen LogP contribution in [0.2, 0.25) is 0 Å². The zero-order valence-corrected chi connectivity index (χ0v) is 12.8. The van der Waals surface area contributed by atoms with E-state index in [0.717, 1.165) is 10.0 Å². The van der Waals surface area contributed by atoms with E-state index in [-0.39, 0.29) is 6.10 Å². The number of carboxylic acids is 1. The Bertz CT molecular complexity index is 468. The normalized spacial score (nSPS) is 18.1. The minimum Gasteiger partial charge on any atom is -0.481 e. The van der Waals surface area contributed by atoms with Crippen LogP contribution in [0.5, 0.6) is 0 Å². The molecule has 0 saturated heterocycles. The molecule has 0 bridgehead atoms. The summed E-state index contributed by atoms with van der Waals surface area (Å²) >= 11 is 3.49. The molecule has 1 aromatic rings. The Balaban J connectivity index is 2.23. The number of carbonyl (C=O) groups is 1. The monoisotopic (exact) mass is 326 g/mol. The summed E-state index contributed by atoms with van der Waals surface area (Å²) in [7, 11) is 1.56. The molecule has 0 aliphatic heterocycles. The highest BCUT2D eigenvalue weighted by Crippen LogP contribution is 2.43. The summed E-state index contributed by atoms with van der Waals surface area (Å²) in [5.74, 6) is -0.678. The molecule has 19 heavy (non-hydrogen) atoms. The topological polar surface area (TPSA) is 46.5 Å². The van der Waals surface area contributed by atoms with E-state index in [1.54, 1.807) is 7.11 Å². The van der Waals surface area contributed by atoms with Crippen molar-refractivity contribution in [3.8, 4) is 0 Å². The fourth-order valence-electron chi connectivity index (χ4n) is 2.38. The summed E-state index contributed by atoms with van der Waals surface area (Å²) in [6.45, 7) is 1.81. The summed E-state index contributed by atoms with van der Waals surface area (Å²) in [6.07, 6.45) is 2.67. The van der Waals surface area contributed by atoms with Gasteiger partial charge in [0.2, 0.25) is 0 Å². The lowest BCUT2D eigenvalue weighted by molar-refractivity contribution is -0.146. The van der Waals surface area contributed by atoms with Crippen LogP contribution in [0.3, 0.4) is 0 Å². The third-order valence-corrected chi connectivity index (χ3v) is 4.31. The largest absolute Gasteiger partial charge is 0.481 e. The fraction of sp³-hybridized carbons (Fsp3) is 0.533. The predicted molar refractivity (Wildman–Crippen MR) is 77.4 cm³/mol. The molecule has 0 radical (unpaired) electrons. The van der Waals surface area contributed by atoms with Gasteiger partial charge in [-0.25, -0.2) is 0 Å². The van der Waals surface area contributed by atoms with E-state index < -0.39 is 11.9 Å². The number of halogens is 1. The minimum atomic E-state index is -0.793. The molecular formula is C15H19BrO3.